The van der Waals surface area contributed by atoms with E-state index in [1.54, 1.807) is 0 Å². The van der Waals surface area contributed by atoms with Gasteiger partial charge in [-0.1, -0.05) is 37.6 Å². The van der Waals surface area contributed by atoms with Crippen LogP contribution in [-0.2, 0) is 6.42 Å². The van der Waals surface area contributed by atoms with Gasteiger partial charge in [0.25, 0.3) is 0 Å². The van der Waals surface area contributed by atoms with Gasteiger partial charge in [0.15, 0.2) is 0 Å². The predicted octanol–water partition coefficient (Wildman–Crippen LogP) is 3.54. The second-order valence-electron chi connectivity index (χ2n) is 3.16. The summed E-state index contributed by atoms with van der Waals surface area (Å²) in [6.45, 7) is 4.37. The van der Waals surface area contributed by atoms with Gasteiger partial charge in [-0.25, -0.2) is 0 Å². The fourth-order valence-electron chi connectivity index (χ4n) is 1.35. The molecular formula is C12H17. The van der Waals surface area contributed by atoms with Gasteiger partial charge in [0.05, 0.1) is 0 Å². The first-order valence-corrected chi connectivity index (χ1v) is 4.70. The quantitative estimate of drug-likeness (QED) is 0.592. The van der Waals surface area contributed by atoms with Crippen molar-refractivity contribution in [1.29, 1.82) is 0 Å². The lowest BCUT2D eigenvalue weighted by atomic mass is 10.0. The third-order valence-electron chi connectivity index (χ3n) is 2.17. The fraction of sp³-hybridized carbons (Fsp3) is 0.417. The average molecular weight is 161 g/mol. The normalized spacial score (nSPS) is 10.2. The molecule has 1 radical (unpaired) electrons. The minimum absolute atomic E-state index is 1.19. The van der Waals surface area contributed by atoms with Crippen LogP contribution in [0.2, 0.25) is 0 Å². The van der Waals surface area contributed by atoms with E-state index in [9.17, 15) is 0 Å². The highest BCUT2D eigenvalue weighted by Crippen LogP contribution is 2.10. The van der Waals surface area contributed by atoms with E-state index < -0.39 is 0 Å². The molecule has 0 saturated heterocycles. The molecule has 0 heteroatoms. The zero-order valence-corrected chi connectivity index (χ0v) is 8.01. The smallest absolute Gasteiger partial charge is 0.0274 e. The Morgan fingerprint density at radius 1 is 1.25 bits per heavy atom. The first kappa shape index (κ1) is 9.31. The van der Waals surface area contributed by atoms with E-state index in [0.29, 0.717) is 0 Å². The molecule has 12 heavy (non-hydrogen) atoms. The van der Waals surface area contributed by atoms with Crippen LogP contribution in [0.3, 0.4) is 0 Å². The molecule has 65 valence electrons. The van der Waals surface area contributed by atoms with E-state index in [0.717, 1.165) is 0 Å². The van der Waals surface area contributed by atoms with Crippen LogP contribution in [0.1, 0.15) is 30.9 Å². The Morgan fingerprint density at radius 2 is 2.00 bits per heavy atom. The standard InChI is InChI=1S/C12H17/c1-3-4-5-9-12-10-7-6-8-11(12)2/h4,6-8,10H,3,5,9H2,1-2H3. The molecule has 0 saturated carbocycles. The lowest BCUT2D eigenvalue weighted by molar-refractivity contribution is 0.873. The summed E-state index contributed by atoms with van der Waals surface area (Å²) in [5, 5.41) is 0. The minimum atomic E-state index is 1.19. The summed E-state index contributed by atoms with van der Waals surface area (Å²) in [5.74, 6) is 0. The van der Waals surface area contributed by atoms with E-state index in [2.05, 4.69) is 44.5 Å². The molecule has 0 aliphatic heterocycles. The highest BCUT2D eigenvalue weighted by Gasteiger charge is 1.95. The maximum atomic E-state index is 2.34. The van der Waals surface area contributed by atoms with Gasteiger partial charge in [0.1, 0.15) is 0 Å². The van der Waals surface area contributed by atoms with Gasteiger partial charge in [-0.2, -0.15) is 0 Å². The molecule has 0 aromatic heterocycles. The van der Waals surface area contributed by atoms with E-state index in [4.69, 9.17) is 0 Å². The maximum Gasteiger partial charge on any atom is -0.0274 e. The Morgan fingerprint density at radius 3 is 2.67 bits per heavy atom. The zero-order valence-electron chi connectivity index (χ0n) is 8.01. The Labute approximate surface area is 75.6 Å². The van der Waals surface area contributed by atoms with Crippen molar-refractivity contribution in [2.45, 2.75) is 33.1 Å². The van der Waals surface area contributed by atoms with Crippen LogP contribution in [0.15, 0.2) is 24.3 Å². The summed E-state index contributed by atoms with van der Waals surface area (Å²) in [5.41, 5.74) is 2.91. The van der Waals surface area contributed by atoms with Crippen LogP contribution in [0, 0.1) is 13.3 Å². The molecule has 0 nitrogen and oxygen atoms in total. The second kappa shape index (κ2) is 4.97. The number of unbranched alkanes of at least 4 members (excludes halogenated alkanes) is 2. The highest BCUT2D eigenvalue weighted by atomic mass is 14.0. The molecular weight excluding hydrogens is 144 g/mol. The minimum Gasteiger partial charge on any atom is -0.0651 e. The predicted molar refractivity (Wildman–Crippen MR) is 54.1 cm³/mol. The molecule has 0 amide bonds. The molecule has 0 heterocycles. The van der Waals surface area contributed by atoms with Crippen molar-refractivity contribution in [2.75, 3.05) is 0 Å². The molecule has 0 spiro atoms. The van der Waals surface area contributed by atoms with Crippen molar-refractivity contribution < 1.29 is 0 Å². The number of benzene rings is 1. The molecule has 1 aromatic rings. The van der Waals surface area contributed by atoms with Crippen LogP contribution in [-0.4, -0.2) is 0 Å². The molecule has 1 aromatic carbocycles. The number of rotatable bonds is 4. The van der Waals surface area contributed by atoms with Crippen molar-refractivity contribution >= 4 is 0 Å². The maximum absolute atomic E-state index is 2.34. The van der Waals surface area contributed by atoms with Gasteiger partial charge in [-0.05, 0) is 37.3 Å². The molecule has 1 rings (SSSR count). The molecule has 0 bridgehead atoms. The zero-order chi connectivity index (χ0) is 8.81. The number of aryl methyl sites for hydroxylation is 2. The Balaban J connectivity index is 2.46. The van der Waals surface area contributed by atoms with Gasteiger partial charge < -0.3 is 0 Å². The average Bonchev–Trinajstić information content (AvgIpc) is 2.09. The summed E-state index contributed by atoms with van der Waals surface area (Å²) in [7, 11) is 0. The third-order valence-corrected chi connectivity index (χ3v) is 2.17. The SMILES string of the molecule is CC[CH]CCc1ccccc1C. The molecule has 0 aliphatic carbocycles. The summed E-state index contributed by atoms with van der Waals surface area (Å²) in [4.78, 5) is 0. The van der Waals surface area contributed by atoms with Gasteiger partial charge >= 0.3 is 0 Å². The molecule has 0 N–H and O–H groups in total. The van der Waals surface area contributed by atoms with E-state index in [-0.39, 0.29) is 0 Å². The summed E-state index contributed by atoms with van der Waals surface area (Å²) < 4.78 is 0. The van der Waals surface area contributed by atoms with E-state index in [1.807, 2.05) is 0 Å². The second-order valence-corrected chi connectivity index (χ2v) is 3.16. The van der Waals surface area contributed by atoms with Crippen molar-refractivity contribution in [3.63, 3.8) is 0 Å². The monoisotopic (exact) mass is 161 g/mol. The van der Waals surface area contributed by atoms with Crippen LogP contribution >= 0.6 is 0 Å². The lowest BCUT2D eigenvalue weighted by Gasteiger charge is -2.03. The first-order valence-electron chi connectivity index (χ1n) is 4.70. The van der Waals surface area contributed by atoms with E-state index >= 15 is 0 Å². The Hall–Kier alpha value is -0.780. The van der Waals surface area contributed by atoms with Crippen LogP contribution in [0.5, 0.6) is 0 Å². The molecule has 0 fully saturated rings. The van der Waals surface area contributed by atoms with Crippen LogP contribution in [0.4, 0.5) is 0 Å². The largest absolute Gasteiger partial charge is 0.0651 e. The van der Waals surface area contributed by atoms with Crippen molar-refractivity contribution in [3.8, 4) is 0 Å². The van der Waals surface area contributed by atoms with Gasteiger partial charge in [-0.15, -0.1) is 0 Å². The third kappa shape index (κ3) is 2.69. The van der Waals surface area contributed by atoms with Crippen LogP contribution < -0.4 is 0 Å². The Bertz CT molecular complexity index is 225. The number of hydrogen-bond donors (Lipinski definition) is 0. The van der Waals surface area contributed by atoms with Crippen molar-refractivity contribution in [2.24, 2.45) is 0 Å². The van der Waals surface area contributed by atoms with E-state index in [1.165, 1.54) is 30.4 Å². The Kier molecular flexibility index (Phi) is 3.86. The van der Waals surface area contributed by atoms with Crippen molar-refractivity contribution in [3.05, 3.63) is 41.8 Å². The first-order chi connectivity index (χ1) is 5.84. The number of hydrogen-bond acceptors (Lipinski definition) is 0. The van der Waals surface area contributed by atoms with Gasteiger partial charge in [0, 0.05) is 0 Å². The lowest BCUT2D eigenvalue weighted by Crippen LogP contribution is -1.88. The van der Waals surface area contributed by atoms with Gasteiger partial charge in [-0.3, -0.25) is 0 Å². The summed E-state index contributed by atoms with van der Waals surface area (Å²) >= 11 is 0. The van der Waals surface area contributed by atoms with Crippen molar-refractivity contribution in [1.82, 2.24) is 0 Å². The topological polar surface area (TPSA) is 0 Å². The van der Waals surface area contributed by atoms with Gasteiger partial charge in [0.2, 0.25) is 0 Å². The highest BCUT2D eigenvalue weighted by molar-refractivity contribution is 5.25. The fourth-order valence-corrected chi connectivity index (χ4v) is 1.35. The molecule has 0 aliphatic rings. The molecule has 0 atom stereocenters. The summed E-state index contributed by atoms with van der Waals surface area (Å²) in [6.07, 6.45) is 5.93. The van der Waals surface area contributed by atoms with Crippen LogP contribution in [0.25, 0.3) is 0 Å². The summed E-state index contributed by atoms with van der Waals surface area (Å²) in [6, 6.07) is 8.62. The molecule has 0 unspecified atom stereocenters.